The number of fused-ring (bicyclic) bond motifs is 1. The van der Waals surface area contributed by atoms with Crippen LogP contribution in [0.1, 0.15) is 12.0 Å². The number of pyridine rings is 1. The molecule has 2 aromatic heterocycles. The lowest BCUT2D eigenvalue weighted by atomic mass is 10.1. The highest BCUT2D eigenvalue weighted by Crippen LogP contribution is 2.07. The standard InChI is InChI=1S/C9H8N2O4/c12-7(13)2-1-5-3-6-8(10-4-5)11-9(14)15-6/h3-4H,1-2H2,(H,12,13)(H,10,11,14)/p+1. The number of oxazole rings is 1. The van der Waals surface area contributed by atoms with Gasteiger partial charge < -0.3 is 9.52 Å². The number of H-pyrrole nitrogens is 2. The maximum absolute atomic E-state index is 10.8. The van der Waals surface area contributed by atoms with Crippen molar-refractivity contribution in [2.75, 3.05) is 0 Å². The maximum Gasteiger partial charge on any atom is 0.510 e. The Balaban J connectivity index is 2.30. The molecule has 0 fully saturated rings. The van der Waals surface area contributed by atoms with E-state index < -0.39 is 11.7 Å². The molecule has 0 aromatic carbocycles. The molecule has 6 heteroatoms. The van der Waals surface area contributed by atoms with Crippen LogP contribution in [0.3, 0.4) is 0 Å². The van der Waals surface area contributed by atoms with E-state index in [0.29, 0.717) is 17.7 Å². The van der Waals surface area contributed by atoms with Crippen molar-refractivity contribution < 1.29 is 19.3 Å². The zero-order valence-corrected chi connectivity index (χ0v) is 7.74. The molecule has 0 bridgehead atoms. The van der Waals surface area contributed by atoms with Crippen LogP contribution in [0, 0.1) is 0 Å². The summed E-state index contributed by atoms with van der Waals surface area (Å²) in [4.78, 5) is 26.5. The predicted molar refractivity (Wildman–Crippen MR) is 49.3 cm³/mol. The summed E-state index contributed by atoms with van der Waals surface area (Å²) in [6.45, 7) is 0. The number of aromatic nitrogens is 2. The van der Waals surface area contributed by atoms with Gasteiger partial charge in [0.25, 0.3) is 0 Å². The first-order valence-electron chi connectivity index (χ1n) is 4.40. The van der Waals surface area contributed by atoms with Gasteiger partial charge in [0.15, 0.2) is 0 Å². The highest BCUT2D eigenvalue weighted by molar-refractivity contribution is 5.67. The monoisotopic (exact) mass is 209 g/mol. The van der Waals surface area contributed by atoms with E-state index in [1.165, 1.54) is 0 Å². The second kappa shape index (κ2) is 3.56. The van der Waals surface area contributed by atoms with E-state index in [0.717, 1.165) is 5.56 Å². The van der Waals surface area contributed by atoms with Gasteiger partial charge in [-0.15, -0.1) is 0 Å². The largest absolute Gasteiger partial charge is 0.510 e. The molecule has 15 heavy (non-hydrogen) atoms. The fourth-order valence-electron chi connectivity index (χ4n) is 1.32. The van der Waals surface area contributed by atoms with E-state index in [9.17, 15) is 9.59 Å². The number of nitrogens with one attached hydrogen (secondary N) is 2. The van der Waals surface area contributed by atoms with Crippen molar-refractivity contribution in [2.45, 2.75) is 12.8 Å². The molecule has 0 aliphatic carbocycles. The summed E-state index contributed by atoms with van der Waals surface area (Å²) < 4.78 is 4.83. The average molecular weight is 209 g/mol. The lowest BCUT2D eigenvalue weighted by Gasteiger charge is -1.94. The number of hydrogen-bond donors (Lipinski definition) is 2. The van der Waals surface area contributed by atoms with Crippen LogP contribution in [0.25, 0.3) is 11.2 Å². The van der Waals surface area contributed by atoms with Gasteiger partial charge in [0.2, 0.25) is 5.58 Å². The third-order valence-electron chi connectivity index (χ3n) is 2.02. The molecule has 0 radical (unpaired) electrons. The zero-order valence-electron chi connectivity index (χ0n) is 7.74. The van der Waals surface area contributed by atoms with Gasteiger partial charge in [0.1, 0.15) is 0 Å². The van der Waals surface area contributed by atoms with Crippen LogP contribution in [0.4, 0.5) is 0 Å². The van der Waals surface area contributed by atoms with Crippen molar-refractivity contribution in [3.8, 4) is 0 Å². The molecule has 0 amide bonds. The minimum Gasteiger partial charge on any atom is -0.481 e. The molecule has 0 aliphatic rings. The Labute approximate surface area is 83.6 Å². The number of carboxylic acids is 1. The summed E-state index contributed by atoms with van der Waals surface area (Å²) in [6.07, 6.45) is 2.10. The van der Waals surface area contributed by atoms with Gasteiger partial charge in [-0.2, -0.15) is 9.78 Å². The molecule has 3 N–H and O–H groups in total. The van der Waals surface area contributed by atoms with Crippen LogP contribution in [-0.2, 0) is 11.2 Å². The number of aryl methyl sites for hydroxylation is 1. The van der Waals surface area contributed by atoms with E-state index in [1.54, 1.807) is 12.3 Å². The summed E-state index contributed by atoms with van der Waals surface area (Å²) in [6, 6.07) is 1.65. The zero-order chi connectivity index (χ0) is 10.8. The first-order valence-corrected chi connectivity index (χ1v) is 4.40. The quantitative estimate of drug-likeness (QED) is 0.740. The molecular formula is C9H9N2O4+. The number of carboxylic acid groups (broad SMARTS) is 1. The van der Waals surface area contributed by atoms with Gasteiger partial charge in [-0.25, -0.2) is 4.98 Å². The highest BCUT2D eigenvalue weighted by Gasteiger charge is 2.09. The summed E-state index contributed by atoms with van der Waals surface area (Å²) in [5, 5.41) is 8.50. The van der Waals surface area contributed by atoms with Crippen LogP contribution in [0.5, 0.6) is 0 Å². The molecule has 78 valence electrons. The van der Waals surface area contributed by atoms with Gasteiger partial charge in [0, 0.05) is 6.42 Å². The predicted octanol–water partition coefficient (Wildman–Crippen LogP) is -0.0476. The lowest BCUT2D eigenvalue weighted by Crippen LogP contribution is -2.07. The summed E-state index contributed by atoms with van der Waals surface area (Å²) in [5.74, 6) is -1.39. The summed E-state index contributed by atoms with van der Waals surface area (Å²) >= 11 is 0. The van der Waals surface area contributed by atoms with Crippen molar-refractivity contribution in [3.05, 3.63) is 28.4 Å². The number of carbonyl (C=O) groups is 1. The molecule has 0 saturated carbocycles. The number of rotatable bonds is 3. The second-order valence-corrected chi connectivity index (χ2v) is 3.16. The topological polar surface area (TPSA) is 97.4 Å². The van der Waals surface area contributed by atoms with Crippen LogP contribution >= 0.6 is 0 Å². The second-order valence-electron chi connectivity index (χ2n) is 3.16. The number of hydrogen-bond acceptors (Lipinski definition) is 3. The van der Waals surface area contributed by atoms with Crippen LogP contribution in [-0.4, -0.2) is 16.1 Å². The van der Waals surface area contributed by atoms with E-state index in [2.05, 4.69) is 9.97 Å². The lowest BCUT2D eigenvalue weighted by molar-refractivity contribution is -0.348. The summed E-state index contributed by atoms with van der Waals surface area (Å²) in [5.41, 5.74) is 1.69. The minimum atomic E-state index is -0.856. The van der Waals surface area contributed by atoms with Gasteiger partial charge in [-0.3, -0.25) is 4.79 Å². The van der Waals surface area contributed by atoms with E-state index in [-0.39, 0.29) is 6.42 Å². The first-order chi connectivity index (χ1) is 7.15. The Morgan fingerprint density at radius 3 is 3.13 bits per heavy atom. The van der Waals surface area contributed by atoms with Gasteiger partial charge in [-0.1, -0.05) is 0 Å². The fraction of sp³-hybridized carbons (Fsp3) is 0.222. The molecule has 6 nitrogen and oxygen atoms in total. The highest BCUT2D eigenvalue weighted by atomic mass is 16.4. The molecule has 2 rings (SSSR count). The van der Waals surface area contributed by atoms with E-state index in [4.69, 9.17) is 9.52 Å². The Kier molecular flexibility index (Phi) is 2.24. The van der Waals surface area contributed by atoms with Gasteiger partial charge >= 0.3 is 17.4 Å². The van der Waals surface area contributed by atoms with Crippen LogP contribution in [0.15, 0.2) is 21.5 Å². The molecule has 2 heterocycles. The van der Waals surface area contributed by atoms with E-state index >= 15 is 0 Å². The third-order valence-corrected chi connectivity index (χ3v) is 2.02. The first kappa shape index (κ1) is 9.45. The Morgan fingerprint density at radius 1 is 1.60 bits per heavy atom. The SMILES string of the molecule is O=C(O)CCc1c[nH+]c2[nH]c(=O)oc2c1. The molecule has 0 unspecified atom stereocenters. The smallest absolute Gasteiger partial charge is 0.481 e. The van der Waals surface area contributed by atoms with Crippen molar-refractivity contribution in [3.63, 3.8) is 0 Å². The van der Waals surface area contributed by atoms with Gasteiger partial charge in [-0.05, 0) is 18.1 Å². The van der Waals surface area contributed by atoms with Gasteiger partial charge in [0.05, 0.1) is 6.20 Å². The molecular weight excluding hydrogens is 200 g/mol. The van der Waals surface area contributed by atoms with E-state index in [1.807, 2.05) is 0 Å². The van der Waals surface area contributed by atoms with Crippen molar-refractivity contribution in [1.82, 2.24) is 4.98 Å². The van der Waals surface area contributed by atoms with Crippen molar-refractivity contribution >= 4 is 17.2 Å². The molecule has 0 spiro atoms. The molecule has 0 saturated heterocycles. The summed E-state index contributed by atoms with van der Waals surface area (Å²) in [7, 11) is 0. The Hall–Kier alpha value is -2.11. The maximum atomic E-state index is 10.8. The Bertz CT molecular complexity index is 554. The molecule has 0 atom stereocenters. The van der Waals surface area contributed by atoms with Crippen molar-refractivity contribution in [2.24, 2.45) is 0 Å². The fourth-order valence-corrected chi connectivity index (χ4v) is 1.32. The minimum absolute atomic E-state index is 0.0496. The van der Waals surface area contributed by atoms with Crippen molar-refractivity contribution in [1.29, 1.82) is 0 Å². The third kappa shape index (κ3) is 2.04. The average Bonchev–Trinajstić information content (AvgIpc) is 2.53. The number of aliphatic carboxylic acids is 1. The molecule has 0 aliphatic heterocycles. The van der Waals surface area contributed by atoms with Crippen LogP contribution < -0.4 is 10.7 Å². The Morgan fingerprint density at radius 2 is 2.40 bits per heavy atom. The van der Waals surface area contributed by atoms with Crippen LogP contribution in [0.2, 0.25) is 0 Å². The number of aromatic amines is 2. The molecule has 2 aromatic rings. The normalized spacial score (nSPS) is 10.7.